The van der Waals surface area contributed by atoms with Crippen LogP contribution >= 0.6 is 0 Å². The molecule has 25 heavy (non-hydrogen) atoms. The molecule has 0 spiro atoms. The lowest BCUT2D eigenvalue weighted by Gasteiger charge is -2.12. The zero-order valence-corrected chi connectivity index (χ0v) is 15.0. The molecule has 0 saturated carbocycles. The molecular weight excluding hydrogens is 312 g/mol. The number of hydrogen-bond acceptors (Lipinski definition) is 3. The van der Waals surface area contributed by atoms with Crippen molar-refractivity contribution >= 4 is 10.9 Å². The smallest absolute Gasteiger partial charge is 0.161 e. The number of para-hydroxylation sites is 1. The van der Waals surface area contributed by atoms with Gasteiger partial charge in [-0.05, 0) is 56.1 Å². The van der Waals surface area contributed by atoms with E-state index in [-0.39, 0.29) is 0 Å². The molecule has 132 valence electrons. The molecule has 0 bridgehead atoms. The maximum Gasteiger partial charge on any atom is 0.161 e. The van der Waals surface area contributed by atoms with Gasteiger partial charge in [0.2, 0.25) is 0 Å². The van der Waals surface area contributed by atoms with Crippen molar-refractivity contribution in [1.29, 1.82) is 0 Å². The molecule has 0 saturated heterocycles. The maximum absolute atomic E-state index is 5.69. The number of benzene rings is 2. The molecule has 0 unspecified atom stereocenters. The lowest BCUT2D eigenvalue weighted by molar-refractivity contribution is 0.287. The van der Waals surface area contributed by atoms with Gasteiger partial charge >= 0.3 is 0 Å². The number of H-pyrrole nitrogens is 1. The number of hydrogen-bond donors (Lipinski definition) is 2. The first-order chi connectivity index (χ1) is 12.3. The molecule has 2 N–H and O–H groups in total. The minimum absolute atomic E-state index is 0.636. The van der Waals surface area contributed by atoms with Crippen molar-refractivity contribution in [1.82, 2.24) is 10.3 Å². The summed E-state index contributed by atoms with van der Waals surface area (Å²) in [6.45, 7) is 6.99. The maximum atomic E-state index is 5.69. The van der Waals surface area contributed by atoms with E-state index in [2.05, 4.69) is 52.9 Å². The summed E-state index contributed by atoms with van der Waals surface area (Å²) in [5.74, 6) is 1.63. The first-order valence-electron chi connectivity index (χ1n) is 8.96. The molecule has 0 aliphatic carbocycles. The Kier molecular flexibility index (Phi) is 5.96. The molecule has 0 radical (unpaired) electrons. The summed E-state index contributed by atoms with van der Waals surface area (Å²) in [5.41, 5.74) is 3.75. The quantitative estimate of drug-likeness (QED) is 0.572. The number of nitrogens with one attached hydrogen (secondary N) is 2. The highest BCUT2D eigenvalue weighted by Gasteiger charge is 2.06. The fourth-order valence-corrected chi connectivity index (χ4v) is 3.00. The van der Waals surface area contributed by atoms with Gasteiger partial charge in [0.1, 0.15) is 0 Å². The van der Waals surface area contributed by atoms with Gasteiger partial charge in [0.15, 0.2) is 11.5 Å². The average Bonchev–Trinajstić information content (AvgIpc) is 3.04. The second kappa shape index (κ2) is 8.58. The van der Waals surface area contributed by atoms with Crippen LogP contribution in [0.1, 0.15) is 25.0 Å². The highest BCUT2D eigenvalue weighted by molar-refractivity contribution is 5.83. The normalized spacial score (nSPS) is 11.0. The molecule has 3 rings (SSSR count). The van der Waals surface area contributed by atoms with Crippen molar-refractivity contribution in [3.63, 3.8) is 0 Å². The molecule has 0 amide bonds. The van der Waals surface area contributed by atoms with Crippen LogP contribution in [0.3, 0.4) is 0 Å². The van der Waals surface area contributed by atoms with E-state index in [9.17, 15) is 0 Å². The molecular formula is C21H26N2O2. The van der Waals surface area contributed by atoms with Gasteiger partial charge < -0.3 is 19.8 Å². The van der Waals surface area contributed by atoms with Crippen LogP contribution in [-0.2, 0) is 13.0 Å². The van der Waals surface area contributed by atoms with Gasteiger partial charge in [0, 0.05) is 23.6 Å². The molecule has 1 aromatic heterocycles. The highest BCUT2D eigenvalue weighted by Crippen LogP contribution is 2.28. The van der Waals surface area contributed by atoms with Gasteiger partial charge in [0.05, 0.1) is 13.2 Å². The van der Waals surface area contributed by atoms with Crippen LogP contribution < -0.4 is 14.8 Å². The minimum Gasteiger partial charge on any atom is -0.490 e. The van der Waals surface area contributed by atoms with Crippen molar-refractivity contribution < 1.29 is 9.47 Å². The molecule has 4 heteroatoms. The minimum atomic E-state index is 0.636. The molecule has 0 aliphatic heterocycles. The topological polar surface area (TPSA) is 46.3 Å². The van der Waals surface area contributed by atoms with E-state index in [1.807, 2.05) is 19.9 Å². The van der Waals surface area contributed by atoms with Crippen LogP contribution in [0.25, 0.3) is 10.9 Å². The Morgan fingerprint density at radius 2 is 1.76 bits per heavy atom. The fraction of sp³-hybridized carbons (Fsp3) is 0.333. The van der Waals surface area contributed by atoms with Crippen LogP contribution in [0.15, 0.2) is 48.7 Å². The van der Waals surface area contributed by atoms with Crippen LogP contribution in [0.4, 0.5) is 0 Å². The van der Waals surface area contributed by atoms with Gasteiger partial charge in [-0.15, -0.1) is 0 Å². The van der Waals surface area contributed by atoms with Crippen LogP contribution in [0.5, 0.6) is 11.5 Å². The van der Waals surface area contributed by atoms with Gasteiger partial charge in [-0.1, -0.05) is 24.3 Å². The van der Waals surface area contributed by atoms with Gasteiger partial charge in [-0.2, -0.15) is 0 Å². The molecule has 2 aromatic carbocycles. The van der Waals surface area contributed by atoms with Crippen molar-refractivity contribution in [2.24, 2.45) is 0 Å². The molecule has 4 nitrogen and oxygen atoms in total. The number of fused-ring (bicyclic) bond motifs is 1. The van der Waals surface area contributed by atoms with Crippen LogP contribution in [0, 0.1) is 0 Å². The monoisotopic (exact) mass is 338 g/mol. The highest BCUT2D eigenvalue weighted by atomic mass is 16.5. The van der Waals surface area contributed by atoms with Gasteiger partial charge in [-0.25, -0.2) is 0 Å². The molecule has 0 aliphatic rings. The van der Waals surface area contributed by atoms with Crippen molar-refractivity contribution in [3.8, 4) is 11.5 Å². The van der Waals surface area contributed by atoms with E-state index in [0.29, 0.717) is 13.2 Å². The average molecular weight is 338 g/mol. The van der Waals surface area contributed by atoms with Crippen molar-refractivity contribution in [2.45, 2.75) is 26.8 Å². The summed E-state index contributed by atoms with van der Waals surface area (Å²) in [4.78, 5) is 3.33. The third-order valence-electron chi connectivity index (χ3n) is 4.18. The zero-order valence-electron chi connectivity index (χ0n) is 15.0. The Labute approximate surface area is 149 Å². The largest absolute Gasteiger partial charge is 0.490 e. The summed E-state index contributed by atoms with van der Waals surface area (Å²) >= 11 is 0. The van der Waals surface area contributed by atoms with Crippen molar-refractivity contribution in [3.05, 3.63) is 59.8 Å². The zero-order chi connectivity index (χ0) is 17.5. The second-order valence-corrected chi connectivity index (χ2v) is 5.93. The predicted octanol–water partition coefficient (Wildman–Crippen LogP) is 4.30. The Balaban J connectivity index is 1.55. The Hall–Kier alpha value is -2.46. The summed E-state index contributed by atoms with van der Waals surface area (Å²) < 4.78 is 11.3. The number of aromatic nitrogens is 1. The van der Waals surface area contributed by atoms with E-state index in [0.717, 1.165) is 31.0 Å². The van der Waals surface area contributed by atoms with Crippen LogP contribution in [-0.4, -0.2) is 24.7 Å². The standard InChI is InChI=1S/C21H26N2O2/c1-3-24-20-10-9-16(13-21(20)25-4-2)14-22-12-11-17-15-23-19-8-6-5-7-18(17)19/h5-10,13,15,22-23H,3-4,11-12,14H2,1-2H3. The fourth-order valence-electron chi connectivity index (χ4n) is 3.00. The summed E-state index contributed by atoms with van der Waals surface area (Å²) in [6, 6.07) is 14.6. The summed E-state index contributed by atoms with van der Waals surface area (Å²) in [5, 5.41) is 4.82. The van der Waals surface area contributed by atoms with Crippen molar-refractivity contribution in [2.75, 3.05) is 19.8 Å². The third kappa shape index (κ3) is 4.34. The Morgan fingerprint density at radius 3 is 2.60 bits per heavy atom. The molecule has 1 heterocycles. The van der Waals surface area contributed by atoms with E-state index >= 15 is 0 Å². The molecule has 3 aromatic rings. The lowest BCUT2D eigenvalue weighted by Crippen LogP contribution is -2.16. The lowest BCUT2D eigenvalue weighted by atomic mass is 10.1. The van der Waals surface area contributed by atoms with Gasteiger partial charge in [0.25, 0.3) is 0 Å². The number of rotatable bonds is 9. The summed E-state index contributed by atoms with van der Waals surface area (Å²) in [6.07, 6.45) is 3.11. The summed E-state index contributed by atoms with van der Waals surface area (Å²) in [7, 11) is 0. The van der Waals surface area contributed by atoms with E-state index in [4.69, 9.17) is 9.47 Å². The molecule has 0 fully saturated rings. The Bertz CT molecular complexity index is 811. The Morgan fingerprint density at radius 1 is 0.960 bits per heavy atom. The van der Waals surface area contributed by atoms with E-state index < -0.39 is 0 Å². The SMILES string of the molecule is CCOc1ccc(CNCCc2c[nH]c3ccccc23)cc1OCC. The third-order valence-corrected chi connectivity index (χ3v) is 4.18. The first-order valence-corrected chi connectivity index (χ1v) is 8.96. The van der Waals surface area contributed by atoms with Gasteiger partial charge in [-0.3, -0.25) is 0 Å². The van der Waals surface area contributed by atoms with E-state index in [1.54, 1.807) is 0 Å². The van der Waals surface area contributed by atoms with E-state index in [1.165, 1.54) is 22.0 Å². The second-order valence-electron chi connectivity index (χ2n) is 5.93. The first kappa shape index (κ1) is 17.4. The molecule has 0 atom stereocenters. The predicted molar refractivity (Wildman–Crippen MR) is 102 cm³/mol. The number of ether oxygens (including phenoxy) is 2. The number of aromatic amines is 1. The van der Waals surface area contributed by atoms with Crippen LogP contribution in [0.2, 0.25) is 0 Å².